The molecule has 6 N–H and O–H groups in total. The van der Waals surface area contributed by atoms with Gasteiger partial charge in [-0.3, -0.25) is 38.7 Å². The van der Waals surface area contributed by atoms with E-state index in [0.29, 0.717) is 49.9 Å². The Hall–Kier alpha value is -5.92. The molecule has 0 radical (unpaired) electrons. The molecule has 2 aliphatic rings. The van der Waals surface area contributed by atoms with Crippen LogP contribution in [0.15, 0.2) is 73.3 Å². The number of aliphatic carboxylic acids is 1. The van der Waals surface area contributed by atoms with Gasteiger partial charge in [0.2, 0.25) is 23.6 Å². The van der Waals surface area contributed by atoms with Gasteiger partial charge in [0.15, 0.2) is 0 Å². The number of carboxylic acids is 1. The van der Waals surface area contributed by atoms with Crippen LogP contribution in [0.1, 0.15) is 160 Å². The van der Waals surface area contributed by atoms with E-state index in [1.54, 1.807) is 34.6 Å². The standard InChI is InChI=1S/C30H41N3O4.C29H39N3O4.CH4.Li.2H2O/c1-19(2)13-25(33-18-30(5,6)12-11-26(33)34)29(36)32-24(15-27(35)37-7)22-14-23(17-31-16-22)28-20(3)9-8-10-21(28)4;1-18(2)12-24(32-17-29(5,6)11-10-25(32)33)28(36)31-23(14-26(34)35)21-13-22(16-30-15-21)27-19(3)8-7-9-20(27)4;;;;/h8-10,14,16-17,19,24-25H,11-13,15,18H2,1-7H3,(H,32,36);7-9,13,15-16,18,23-24H,10-12,14,17H2,1-6H3,(H,31,36)(H,34,35);1H4;;2*1H2/q;;;+1;;/p-1/t24-,25?;23-,24?;;;;/m00..../s1. The third-order valence-corrected chi connectivity index (χ3v) is 14.1. The first-order chi connectivity index (χ1) is 34.3. The van der Waals surface area contributed by atoms with Crippen molar-refractivity contribution >= 4 is 35.6 Å². The normalized spacial score (nSPS) is 16.1. The number of nitrogens with zero attached hydrogens (tertiary/aromatic N) is 4. The van der Waals surface area contributed by atoms with E-state index in [2.05, 4.69) is 74.3 Å². The van der Waals surface area contributed by atoms with Crippen LogP contribution >= 0.6 is 0 Å². The molecule has 16 nitrogen and oxygen atoms in total. The minimum atomic E-state index is -1.02. The number of carboxylic acid groups (broad SMARTS) is 1. The van der Waals surface area contributed by atoms with Crippen molar-refractivity contribution in [1.82, 2.24) is 30.4 Å². The maximum atomic E-state index is 13.8. The molecular weight excluding hydrogens is 972 g/mol. The van der Waals surface area contributed by atoms with Crippen LogP contribution in [0.3, 0.4) is 0 Å². The molecule has 17 heteroatoms. The van der Waals surface area contributed by atoms with Gasteiger partial charge >= 0.3 is 30.8 Å². The van der Waals surface area contributed by atoms with Crippen molar-refractivity contribution < 1.29 is 68.4 Å². The first-order valence-electron chi connectivity index (χ1n) is 25.8. The molecule has 2 aromatic heterocycles. The summed E-state index contributed by atoms with van der Waals surface area (Å²) in [5.74, 6) is -1.66. The van der Waals surface area contributed by atoms with E-state index in [9.17, 15) is 33.9 Å². The Bertz CT molecular complexity index is 2600. The number of aryl methyl sites for hydroxylation is 4. The van der Waals surface area contributed by atoms with Crippen LogP contribution in [0.25, 0.3) is 22.3 Å². The summed E-state index contributed by atoms with van der Waals surface area (Å²) in [6, 6.07) is 13.4. The van der Waals surface area contributed by atoms with Crippen LogP contribution in [-0.2, 0) is 33.5 Å². The van der Waals surface area contributed by atoms with Crippen LogP contribution in [0, 0.1) is 50.4 Å². The number of likely N-dealkylation sites (tertiary alicyclic amines) is 2. The molecule has 2 fully saturated rings. The SMILES string of the molecule is C.COC(=O)C[C@H](NC(=O)C(CC(C)C)N1CC(C)(C)CCC1=O)c1cncc(-c2c(C)cccc2C)c1.Cc1cccc(C)c1-c1cncc([C@H](CC(=O)O)NC(=O)C(CC(C)C)N2CC(C)(C)CCC2=O)c1.O.[Li+].[OH-]. The second-order valence-corrected chi connectivity index (χ2v) is 22.7. The molecule has 77 heavy (non-hydrogen) atoms. The number of hydrogen-bond acceptors (Lipinski definition) is 10. The summed E-state index contributed by atoms with van der Waals surface area (Å²) in [4.78, 5) is 89.6. The Morgan fingerprint density at radius 2 is 1.00 bits per heavy atom. The van der Waals surface area contributed by atoms with Crippen molar-refractivity contribution in [2.45, 2.75) is 166 Å². The number of amides is 4. The average molecular weight is 1060 g/mol. The zero-order chi connectivity index (χ0) is 53.9. The predicted octanol–water partition coefficient (Wildman–Crippen LogP) is 6.85. The number of benzene rings is 2. The third kappa shape index (κ3) is 19.2. The summed E-state index contributed by atoms with van der Waals surface area (Å²) >= 11 is 0. The van der Waals surface area contributed by atoms with E-state index in [1.165, 1.54) is 7.11 Å². The van der Waals surface area contributed by atoms with Gasteiger partial charge in [-0.1, -0.05) is 99.2 Å². The van der Waals surface area contributed by atoms with Crippen LogP contribution < -0.4 is 29.5 Å². The fraction of sp³-hybridized carbons (Fsp3) is 0.533. The van der Waals surface area contributed by atoms with Crippen LogP contribution in [0.5, 0.6) is 0 Å². The maximum absolute atomic E-state index is 13.8. The summed E-state index contributed by atoms with van der Waals surface area (Å²) in [5, 5.41) is 15.7. The molecule has 2 saturated heterocycles. The predicted molar refractivity (Wildman–Crippen MR) is 297 cm³/mol. The van der Waals surface area contributed by atoms with Gasteiger partial charge in [0, 0.05) is 61.8 Å². The summed E-state index contributed by atoms with van der Waals surface area (Å²) < 4.78 is 4.95. The average Bonchev–Trinajstić information content (AvgIpc) is 3.31. The van der Waals surface area contributed by atoms with Crippen molar-refractivity contribution in [2.24, 2.45) is 22.7 Å². The first-order valence-corrected chi connectivity index (χ1v) is 25.8. The number of esters is 1. The summed E-state index contributed by atoms with van der Waals surface area (Å²) in [7, 11) is 1.34. The van der Waals surface area contributed by atoms with E-state index in [0.717, 1.165) is 57.3 Å². The molecule has 418 valence electrons. The van der Waals surface area contributed by atoms with Crippen LogP contribution in [0.4, 0.5) is 0 Å². The van der Waals surface area contributed by atoms with Gasteiger partial charge < -0.3 is 41.2 Å². The first kappa shape index (κ1) is 69.1. The van der Waals surface area contributed by atoms with E-state index < -0.39 is 36.1 Å². The minimum Gasteiger partial charge on any atom is -0.870 e. The van der Waals surface area contributed by atoms with Gasteiger partial charge in [-0.05, 0) is 133 Å². The monoisotopic (exact) mass is 1060 g/mol. The Labute approximate surface area is 470 Å². The van der Waals surface area contributed by atoms with Gasteiger partial charge in [0.1, 0.15) is 12.1 Å². The van der Waals surface area contributed by atoms with Crippen molar-refractivity contribution in [3.05, 3.63) is 107 Å². The summed E-state index contributed by atoms with van der Waals surface area (Å²) in [6.45, 7) is 25.8. The second-order valence-electron chi connectivity index (χ2n) is 22.7. The largest absolute Gasteiger partial charge is 1.00 e. The van der Waals surface area contributed by atoms with Gasteiger partial charge in [-0.15, -0.1) is 0 Å². The molecule has 4 heterocycles. The van der Waals surface area contributed by atoms with Crippen LogP contribution in [-0.4, -0.2) is 104 Å². The van der Waals surface area contributed by atoms with E-state index in [-0.39, 0.29) is 96.4 Å². The molecule has 0 spiro atoms. The third-order valence-electron chi connectivity index (χ3n) is 14.1. The fourth-order valence-corrected chi connectivity index (χ4v) is 10.2. The van der Waals surface area contributed by atoms with Gasteiger partial charge in [0.05, 0.1) is 32.0 Å². The quantitative estimate of drug-likeness (QED) is 0.0687. The van der Waals surface area contributed by atoms with Crippen molar-refractivity contribution in [2.75, 3.05) is 20.2 Å². The maximum Gasteiger partial charge on any atom is 1.00 e. The molecule has 2 unspecified atom stereocenters. The molecule has 6 rings (SSSR count). The van der Waals surface area contributed by atoms with Crippen LogP contribution in [0.2, 0.25) is 0 Å². The number of hydrogen-bond donors (Lipinski definition) is 3. The molecular formula is C60H87LiN6O10. The smallest absolute Gasteiger partial charge is 0.870 e. The Kier molecular flexibility index (Phi) is 27.2. The molecule has 0 saturated carbocycles. The molecule has 0 aliphatic carbocycles. The van der Waals surface area contributed by atoms with Gasteiger partial charge in [0.25, 0.3) is 0 Å². The molecule has 4 atom stereocenters. The number of ether oxygens (including phenoxy) is 1. The molecule has 2 aromatic carbocycles. The Morgan fingerprint density at radius 3 is 1.32 bits per heavy atom. The number of piperidine rings is 2. The Balaban J connectivity index is 0.000000732. The van der Waals surface area contributed by atoms with Crippen molar-refractivity contribution in [3.63, 3.8) is 0 Å². The molecule has 4 amide bonds. The topological polar surface area (TPSA) is 250 Å². The number of nitrogens with one attached hydrogen (secondary N) is 2. The number of carbonyl (C=O) groups is 6. The molecule has 0 bridgehead atoms. The number of aromatic nitrogens is 2. The van der Waals surface area contributed by atoms with Gasteiger partial charge in [-0.25, -0.2) is 0 Å². The fourth-order valence-electron chi connectivity index (χ4n) is 10.2. The number of pyridine rings is 2. The minimum absolute atomic E-state index is 0. The summed E-state index contributed by atoms with van der Waals surface area (Å²) in [6.07, 6.45) is 10.0. The van der Waals surface area contributed by atoms with Gasteiger partial charge in [-0.2, -0.15) is 0 Å². The number of rotatable bonds is 18. The zero-order valence-electron chi connectivity index (χ0n) is 47.5. The second kappa shape index (κ2) is 30.3. The molecule has 2 aliphatic heterocycles. The van der Waals surface area contributed by atoms with E-state index in [4.69, 9.17) is 4.74 Å². The summed E-state index contributed by atoms with van der Waals surface area (Å²) in [5.41, 5.74) is 9.56. The number of methoxy groups -OCH3 is 1. The zero-order valence-corrected chi connectivity index (χ0v) is 47.5. The van der Waals surface area contributed by atoms with E-state index >= 15 is 0 Å². The number of carbonyl (C=O) groups excluding carboxylic acids is 5. The van der Waals surface area contributed by atoms with Crippen molar-refractivity contribution in [3.8, 4) is 22.3 Å². The Morgan fingerprint density at radius 1 is 0.649 bits per heavy atom. The molecule has 4 aromatic rings. The van der Waals surface area contributed by atoms with Crippen molar-refractivity contribution in [1.29, 1.82) is 0 Å². The van der Waals surface area contributed by atoms with E-state index in [1.807, 2.05) is 77.9 Å².